The Hall–Kier alpha value is -1.61. The number of fused-ring (bicyclic) bond motifs is 1. The van der Waals surface area contributed by atoms with Crippen LogP contribution < -0.4 is 4.74 Å². The van der Waals surface area contributed by atoms with Gasteiger partial charge in [0.2, 0.25) is 0 Å². The summed E-state index contributed by atoms with van der Waals surface area (Å²) < 4.78 is 4.95. The molecule has 2 rings (SSSR count). The van der Waals surface area contributed by atoms with Crippen molar-refractivity contribution in [1.82, 2.24) is 4.98 Å². The van der Waals surface area contributed by atoms with Crippen molar-refractivity contribution in [3.05, 3.63) is 35.5 Å². The van der Waals surface area contributed by atoms with E-state index >= 15 is 0 Å². The van der Waals surface area contributed by atoms with Crippen LogP contribution in [0, 0.1) is 0 Å². The Balaban J connectivity index is 2.47. The van der Waals surface area contributed by atoms with Gasteiger partial charge in [-0.1, -0.05) is 11.6 Å². The van der Waals surface area contributed by atoms with Crippen molar-refractivity contribution in [3.8, 4) is 5.75 Å². The monoisotopic (exact) mass is 221 g/mol. The Morgan fingerprint density at radius 3 is 2.87 bits per heavy atom. The van der Waals surface area contributed by atoms with Crippen LogP contribution >= 0.6 is 11.6 Å². The number of carbonyl (C=O) groups is 1. The smallest absolute Gasteiger partial charge is 0.308 e. The highest BCUT2D eigenvalue weighted by molar-refractivity contribution is 6.29. The summed E-state index contributed by atoms with van der Waals surface area (Å²) >= 11 is 5.75. The predicted octanol–water partition coefficient (Wildman–Crippen LogP) is 2.81. The number of rotatable bonds is 1. The van der Waals surface area contributed by atoms with Crippen LogP contribution in [-0.2, 0) is 4.79 Å². The van der Waals surface area contributed by atoms with Crippen molar-refractivity contribution in [2.24, 2.45) is 0 Å². The van der Waals surface area contributed by atoms with Gasteiger partial charge in [0.1, 0.15) is 10.9 Å². The topological polar surface area (TPSA) is 39.2 Å². The van der Waals surface area contributed by atoms with Crippen LogP contribution in [0.5, 0.6) is 5.75 Å². The summed E-state index contributed by atoms with van der Waals surface area (Å²) in [7, 11) is 0. The second-order valence-electron chi connectivity index (χ2n) is 3.08. The fraction of sp³-hybridized carbons (Fsp3) is 0.0909. The molecule has 1 aromatic heterocycles. The van der Waals surface area contributed by atoms with E-state index in [9.17, 15) is 4.79 Å². The number of halogens is 1. The van der Waals surface area contributed by atoms with E-state index in [0.717, 1.165) is 10.9 Å². The first kappa shape index (κ1) is 9.93. The van der Waals surface area contributed by atoms with Gasteiger partial charge in [0, 0.05) is 12.3 Å². The Kier molecular flexibility index (Phi) is 2.56. The maximum Gasteiger partial charge on any atom is 0.308 e. The molecule has 0 saturated heterocycles. The molecule has 0 unspecified atom stereocenters. The summed E-state index contributed by atoms with van der Waals surface area (Å²) in [6.07, 6.45) is 0. The number of hydrogen-bond acceptors (Lipinski definition) is 3. The zero-order chi connectivity index (χ0) is 10.8. The molecule has 0 spiro atoms. The van der Waals surface area contributed by atoms with Gasteiger partial charge in [-0.3, -0.25) is 4.79 Å². The lowest BCUT2D eigenvalue weighted by atomic mass is 10.2. The number of esters is 1. The molecule has 0 amide bonds. The normalized spacial score (nSPS) is 10.3. The summed E-state index contributed by atoms with van der Waals surface area (Å²) in [5.74, 6) is 0.176. The molecule has 2 aromatic rings. The number of nitrogens with zero attached hydrogens (tertiary/aromatic N) is 1. The molecule has 0 aliphatic carbocycles. The maximum atomic E-state index is 10.7. The van der Waals surface area contributed by atoms with Gasteiger partial charge in [-0.05, 0) is 30.3 Å². The number of aromatic nitrogens is 1. The maximum absolute atomic E-state index is 10.7. The van der Waals surface area contributed by atoms with Gasteiger partial charge >= 0.3 is 5.97 Å². The summed E-state index contributed by atoms with van der Waals surface area (Å²) in [5.41, 5.74) is 0.776. The molecule has 0 radical (unpaired) electrons. The number of benzene rings is 1. The first-order valence-corrected chi connectivity index (χ1v) is 4.78. The van der Waals surface area contributed by atoms with E-state index in [2.05, 4.69) is 4.98 Å². The third-order valence-corrected chi connectivity index (χ3v) is 2.10. The first-order chi connectivity index (χ1) is 7.15. The zero-order valence-electron chi connectivity index (χ0n) is 8.03. The summed E-state index contributed by atoms with van der Waals surface area (Å²) in [4.78, 5) is 14.9. The van der Waals surface area contributed by atoms with Crippen molar-refractivity contribution in [2.45, 2.75) is 6.92 Å². The molecular formula is C11H8ClNO2. The second-order valence-corrected chi connectivity index (χ2v) is 3.47. The van der Waals surface area contributed by atoms with Crippen molar-refractivity contribution < 1.29 is 9.53 Å². The van der Waals surface area contributed by atoms with Crippen molar-refractivity contribution in [3.63, 3.8) is 0 Å². The Bertz CT molecular complexity index is 525. The number of pyridine rings is 1. The van der Waals surface area contributed by atoms with E-state index in [0.29, 0.717) is 10.9 Å². The minimum absolute atomic E-state index is 0.337. The van der Waals surface area contributed by atoms with Crippen LogP contribution in [0.2, 0.25) is 5.15 Å². The Morgan fingerprint density at radius 2 is 2.13 bits per heavy atom. The van der Waals surface area contributed by atoms with Gasteiger partial charge in [0.25, 0.3) is 0 Å². The third-order valence-electron chi connectivity index (χ3n) is 1.89. The van der Waals surface area contributed by atoms with Gasteiger partial charge in [0.05, 0.1) is 5.52 Å². The molecule has 4 heteroatoms. The largest absolute Gasteiger partial charge is 0.427 e. The average molecular weight is 222 g/mol. The lowest BCUT2D eigenvalue weighted by molar-refractivity contribution is -0.131. The highest BCUT2D eigenvalue weighted by Crippen LogP contribution is 2.21. The van der Waals surface area contributed by atoms with Crippen LogP contribution in [-0.4, -0.2) is 11.0 Å². The number of ether oxygens (including phenoxy) is 1. The van der Waals surface area contributed by atoms with Gasteiger partial charge < -0.3 is 4.74 Å². The number of hydrogen-bond donors (Lipinski definition) is 0. The molecule has 3 nitrogen and oxygen atoms in total. The predicted molar refractivity (Wildman–Crippen MR) is 58.1 cm³/mol. The zero-order valence-corrected chi connectivity index (χ0v) is 8.78. The van der Waals surface area contributed by atoms with Crippen LogP contribution in [0.4, 0.5) is 0 Å². The molecule has 0 aliphatic rings. The molecule has 15 heavy (non-hydrogen) atoms. The standard InChI is InChI=1S/C11H8ClNO2/c1-7(14)15-9-3-4-10-8(6-9)2-5-11(12)13-10/h2-6H,1H3. The summed E-state index contributed by atoms with van der Waals surface area (Å²) in [6.45, 7) is 1.37. The first-order valence-electron chi connectivity index (χ1n) is 4.40. The molecule has 0 saturated carbocycles. The number of carbonyl (C=O) groups excluding carboxylic acids is 1. The lowest BCUT2D eigenvalue weighted by Gasteiger charge is -2.02. The van der Waals surface area contributed by atoms with E-state index < -0.39 is 0 Å². The van der Waals surface area contributed by atoms with E-state index in [1.54, 1.807) is 24.3 Å². The Morgan fingerprint density at radius 1 is 1.33 bits per heavy atom. The fourth-order valence-electron chi connectivity index (χ4n) is 1.31. The van der Waals surface area contributed by atoms with E-state index in [-0.39, 0.29) is 5.97 Å². The van der Waals surface area contributed by atoms with Gasteiger partial charge in [-0.2, -0.15) is 0 Å². The summed E-state index contributed by atoms with van der Waals surface area (Å²) in [6, 6.07) is 8.73. The van der Waals surface area contributed by atoms with Crippen molar-refractivity contribution >= 4 is 28.5 Å². The molecule has 1 heterocycles. The molecule has 0 atom stereocenters. The molecule has 0 N–H and O–H groups in total. The van der Waals surface area contributed by atoms with Crippen LogP contribution in [0.1, 0.15) is 6.92 Å². The van der Waals surface area contributed by atoms with Crippen LogP contribution in [0.3, 0.4) is 0 Å². The average Bonchev–Trinajstić information content (AvgIpc) is 2.17. The van der Waals surface area contributed by atoms with E-state index in [1.807, 2.05) is 6.07 Å². The molecule has 0 fully saturated rings. The highest BCUT2D eigenvalue weighted by Gasteiger charge is 2.01. The lowest BCUT2D eigenvalue weighted by Crippen LogP contribution is -2.00. The van der Waals surface area contributed by atoms with Crippen LogP contribution in [0.15, 0.2) is 30.3 Å². The van der Waals surface area contributed by atoms with Crippen molar-refractivity contribution in [1.29, 1.82) is 0 Å². The second kappa shape index (κ2) is 3.87. The molecule has 0 bridgehead atoms. The fourth-order valence-corrected chi connectivity index (χ4v) is 1.46. The molecule has 76 valence electrons. The van der Waals surface area contributed by atoms with Gasteiger partial charge in [0.15, 0.2) is 0 Å². The van der Waals surface area contributed by atoms with Crippen molar-refractivity contribution in [2.75, 3.05) is 0 Å². The SMILES string of the molecule is CC(=O)Oc1ccc2nc(Cl)ccc2c1. The van der Waals surface area contributed by atoms with Gasteiger partial charge in [-0.15, -0.1) is 0 Å². The molecule has 0 aliphatic heterocycles. The molecular weight excluding hydrogens is 214 g/mol. The van der Waals surface area contributed by atoms with E-state index in [4.69, 9.17) is 16.3 Å². The Labute approximate surface area is 91.6 Å². The quantitative estimate of drug-likeness (QED) is 0.422. The third kappa shape index (κ3) is 2.25. The summed E-state index contributed by atoms with van der Waals surface area (Å²) in [5, 5.41) is 1.33. The minimum atomic E-state index is -0.337. The highest BCUT2D eigenvalue weighted by atomic mass is 35.5. The minimum Gasteiger partial charge on any atom is -0.427 e. The van der Waals surface area contributed by atoms with Gasteiger partial charge in [-0.25, -0.2) is 4.98 Å². The van der Waals surface area contributed by atoms with Crippen LogP contribution in [0.25, 0.3) is 10.9 Å². The van der Waals surface area contributed by atoms with E-state index in [1.165, 1.54) is 6.92 Å². The molecule has 1 aromatic carbocycles.